The Morgan fingerprint density at radius 2 is 1.46 bits per heavy atom. The van der Waals surface area contributed by atoms with Crippen LogP contribution in [0.5, 0.6) is 0 Å². The summed E-state index contributed by atoms with van der Waals surface area (Å²) in [6, 6.07) is 15.2. The smallest absolute Gasteiger partial charge is 0.264 e. The molecule has 3 aromatic rings. The maximum atomic E-state index is 14.0. The monoisotopic (exact) mass is 609 g/mol. The number of nitrogens with one attached hydrogen (secondary N) is 1. The van der Waals surface area contributed by atoms with Crippen LogP contribution in [0.25, 0.3) is 0 Å². The number of carbonyl (C=O) groups excluding carboxylic acids is 2. The van der Waals surface area contributed by atoms with Gasteiger partial charge in [0.1, 0.15) is 12.6 Å². The average molecular weight is 611 g/mol. The molecular weight excluding hydrogens is 581 g/mol. The number of carbonyl (C=O) groups is 2. The highest BCUT2D eigenvalue weighted by molar-refractivity contribution is 7.92. The molecule has 0 aliphatic heterocycles. The first-order valence-corrected chi connectivity index (χ1v) is 14.8. The quantitative estimate of drug-likeness (QED) is 0.305. The molecule has 11 heteroatoms. The van der Waals surface area contributed by atoms with E-state index in [4.69, 9.17) is 34.8 Å². The van der Waals surface area contributed by atoms with Crippen LogP contribution in [0.2, 0.25) is 15.1 Å². The third-order valence-corrected chi connectivity index (χ3v) is 9.31. The number of halogens is 3. The number of rotatable bonds is 10. The Kier molecular flexibility index (Phi) is 10.3. The fourth-order valence-corrected chi connectivity index (χ4v) is 6.32. The van der Waals surface area contributed by atoms with E-state index in [1.807, 2.05) is 6.92 Å². The van der Waals surface area contributed by atoms with Crippen LogP contribution in [0.4, 0.5) is 5.69 Å². The summed E-state index contributed by atoms with van der Waals surface area (Å²) in [6.45, 7) is 4.60. The molecule has 39 heavy (non-hydrogen) atoms. The molecule has 208 valence electrons. The lowest BCUT2D eigenvalue weighted by Crippen LogP contribution is -2.52. The molecule has 0 unspecified atom stereocenters. The molecule has 3 rings (SSSR count). The number of aryl methyl sites for hydroxylation is 1. The van der Waals surface area contributed by atoms with Crippen molar-refractivity contribution in [2.45, 2.75) is 44.7 Å². The van der Waals surface area contributed by atoms with Gasteiger partial charge in [-0.05, 0) is 62.2 Å². The van der Waals surface area contributed by atoms with Gasteiger partial charge < -0.3 is 10.2 Å². The van der Waals surface area contributed by atoms with Gasteiger partial charge in [-0.1, -0.05) is 71.6 Å². The maximum absolute atomic E-state index is 14.0. The van der Waals surface area contributed by atoms with Crippen molar-refractivity contribution >= 4 is 62.3 Å². The summed E-state index contributed by atoms with van der Waals surface area (Å²) in [4.78, 5) is 28.2. The third-order valence-electron chi connectivity index (χ3n) is 6.42. The Morgan fingerprint density at radius 1 is 0.897 bits per heavy atom. The minimum absolute atomic E-state index is 0.0133. The molecule has 0 aliphatic rings. The summed E-state index contributed by atoms with van der Waals surface area (Å²) in [5.74, 6) is -1.02. The first kappa shape index (κ1) is 30.8. The van der Waals surface area contributed by atoms with Crippen LogP contribution in [0.3, 0.4) is 0 Å². The van der Waals surface area contributed by atoms with Gasteiger partial charge in [0.25, 0.3) is 10.0 Å². The zero-order valence-electron chi connectivity index (χ0n) is 22.0. The summed E-state index contributed by atoms with van der Waals surface area (Å²) in [5.41, 5.74) is 2.07. The van der Waals surface area contributed by atoms with E-state index in [0.29, 0.717) is 26.2 Å². The van der Waals surface area contributed by atoms with E-state index in [9.17, 15) is 18.0 Å². The SMILES string of the molecule is CC[C@H](C(=O)NC)N(Cc1c(Cl)cccc1Cl)C(=O)CN(c1cccc(Cl)c1C)S(=O)(=O)c1ccc(C)cc1. The van der Waals surface area contributed by atoms with Crippen molar-refractivity contribution in [1.82, 2.24) is 10.2 Å². The first-order valence-electron chi connectivity index (χ1n) is 12.2. The van der Waals surface area contributed by atoms with Crippen molar-refractivity contribution < 1.29 is 18.0 Å². The van der Waals surface area contributed by atoms with Crippen molar-refractivity contribution in [1.29, 1.82) is 0 Å². The van der Waals surface area contributed by atoms with Crippen molar-refractivity contribution in [2.24, 2.45) is 0 Å². The number of nitrogens with zero attached hydrogens (tertiary/aromatic N) is 2. The van der Waals surface area contributed by atoms with Gasteiger partial charge in [-0.3, -0.25) is 13.9 Å². The fraction of sp³-hybridized carbons (Fsp3) is 0.286. The molecule has 0 saturated heterocycles. The van der Waals surface area contributed by atoms with Crippen LogP contribution in [0, 0.1) is 13.8 Å². The highest BCUT2D eigenvalue weighted by atomic mass is 35.5. The highest BCUT2D eigenvalue weighted by Gasteiger charge is 2.34. The van der Waals surface area contributed by atoms with Gasteiger partial charge in [-0.15, -0.1) is 0 Å². The largest absolute Gasteiger partial charge is 0.357 e. The van der Waals surface area contributed by atoms with Crippen LogP contribution in [0.1, 0.15) is 30.0 Å². The van der Waals surface area contributed by atoms with E-state index in [-0.39, 0.29) is 23.5 Å². The Labute approximate surface area is 244 Å². The molecule has 0 aromatic heterocycles. The number of sulfonamides is 1. The number of amides is 2. The average Bonchev–Trinajstić information content (AvgIpc) is 2.90. The predicted molar refractivity (Wildman–Crippen MR) is 157 cm³/mol. The maximum Gasteiger partial charge on any atom is 0.264 e. The topological polar surface area (TPSA) is 86.8 Å². The van der Waals surface area contributed by atoms with Gasteiger partial charge >= 0.3 is 0 Å². The van der Waals surface area contributed by atoms with Crippen molar-refractivity contribution in [3.63, 3.8) is 0 Å². The molecule has 0 radical (unpaired) electrons. The van der Waals surface area contributed by atoms with Crippen LogP contribution < -0.4 is 9.62 Å². The normalized spacial score (nSPS) is 12.1. The molecule has 0 spiro atoms. The van der Waals surface area contributed by atoms with Crippen LogP contribution >= 0.6 is 34.8 Å². The molecule has 7 nitrogen and oxygen atoms in total. The van der Waals surface area contributed by atoms with E-state index in [1.165, 1.54) is 24.1 Å². The second-order valence-electron chi connectivity index (χ2n) is 8.97. The molecule has 0 saturated carbocycles. The van der Waals surface area contributed by atoms with Gasteiger partial charge in [0.2, 0.25) is 11.8 Å². The van der Waals surface area contributed by atoms with Crippen molar-refractivity contribution in [3.8, 4) is 0 Å². The van der Waals surface area contributed by atoms with Gasteiger partial charge in [-0.2, -0.15) is 0 Å². The molecular formula is C28H30Cl3N3O4S. The first-order chi connectivity index (χ1) is 18.4. The van der Waals surface area contributed by atoms with Crippen molar-refractivity contribution in [2.75, 3.05) is 17.9 Å². The van der Waals surface area contributed by atoms with E-state index in [2.05, 4.69) is 5.32 Å². The minimum atomic E-state index is -4.21. The van der Waals surface area contributed by atoms with Crippen molar-refractivity contribution in [3.05, 3.63) is 92.4 Å². The van der Waals surface area contributed by atoms with E-state index < -0.39 is 34.4 Å². The Balaban J connectivity index is 2.14. The second-order valence-corrected chi connectivity index (χ2v) is 12.1. The molecule has 0 bridgehead atoms. The van der Waals surface area contributed by atoms with Gasteiger partial charge in [0.05, 0.1) is 10.6 Å². The van der Waals surface area contributed by atoms with E-state index in [1.54, 1.807) is 62.4 Å². The Hall–Kier alpha value is -2.78. The standard InChI is InChI=1S/C28H30Cl3N3O4S/c1-5-25(28(36)32-4)33(16-21-23(30)9-6-10-24(21)31)27(35)17-34(26-11-7-8-22(29)19(26)3)39(37,38)20-14-12-18(2)13-15-20/h6-15,25H,5,16-17H2,1-4H3,(H,32,36)/t25-/m1/s1. The molecule has 0 aliphatic carbocycles. The zero-order chi connectivity index (χ0) is 28.9. The summed E-state index contributed by atoms with van der Waals surface area (Å²) >= 11 is 19.2. The number of hydrogen-bond acceptors (Lipinski definition) is 4. The second kappa shape index (κ2) is 13.0. The van der Waals surface area contributed by atoms with E-state index in [0.717, 1.165) is 9.87 Å². The summed E-state index contributed by atoms with van der Waals surface area (Å²) in [6.07, 6.45) is 0.272. The summed E-state index contributed by atoms with van der Waals surface area (Å²) < 4.78 is 28.9. The van der Waals surface area contributed by atoms with Crippen LogP contribution in [0.15, 0.2) is 65.6 Å². The third kappa shape index (κ3) is 6.87. The number of likely N-dealkylation sites (N-methyl/N-ethyl adjacent to an activating group) is 1. The van der Waals surface area contributed by atoms with Gasteiger partial charge in [0.15, 0.2) is 0 Å². The number of benzene rings is 3. The Bertz CT molecular complexity index is 1440. The zero-order valence-corrected chi connectivity index (χ0v) is 25.1. The van der Waals surface area contributed by atoms with E-state index >= 15 is 0 Å². The molecule has 2 amide bonds. The summed E-state index contributed by atoms with van der Waals surface area (Å²) in [5, 5.41) is 3.57. The summed E-state index contributed by atoms with van der Waals surface area (Å²) in [7, 11) is -2.74. The molecule has 3 aromatic carbocycles. The fourth-order valence-electron chi connectivity index (χ4n) is 4.16. The van der Waals surface area contributed by atoms with Gasteiger partial charge in [0, 0.05) is 34.2 Å². The molecule has 1 N–H and O–H groups in total. The van der Waals surface area contributed by atoms with Crippen LogP contribution in [-0.2, 0) is 26.2 Å². The minimum Gasteiger partial charge on any atom is -0.357 e. The van der Waals surface area contributed by atoms with Crippen LogP contribution in [-0.4, -0.2) is 44.8 Å². The molecule has 0 fully saturated rings. The lowest BCUT2D eigenvalue weighted by Gasteiger charge is -2.33. The van der Waals surface area contributed by atoms with Gasteiger partial charge in [-0.25, -0.2) is 8.42 Å². The highest BCUT2D eigenvalue weighted by Crippen LogP contribution is 2.32. The lowest BCUT2D eigenvalue weighted by molar-refractivity contribution is -0.140. The number of anilines is 1. The molecule has 1 atom stereocenters. The number of hydrogen-bond donors (Lipinski definition) is 1. The molecule has 0 heterocycles. The Morgan fingerprint density at radius 3 is 2.03 bits per heavy atom. The predicted octanol–water partition coefficient (Wildman–Crippen LogP) is 6.01. The lowest BCUT2D eigenvalue weighted by atomic mass is 10.1.